The average Bonchev–Trinajstić information content (AvgIpc) is 2.32. The van der Waals surface area contributed by atoms with Crippen molar-refractivity contribution in [3.63, 3.8) is 0 Å². The van der Waals surface area contributed by atoms with Gasteiger partial charge in [0.2, 0.25) is 5.91 Å². The summed E-state index contributed by atoms with van der Waals surface area (Å²) in [6.45, 7) is 1.34. The SMILES string of the molecule is CC(=O)NCCC(O)C(O)c1cc(F)c(F)cc1F. The minimum Gasteiger partial charge on any atom is -0.390 e. The van der Waals surface area contributed by atoms with E-state index in [4.69, 9.17) is 0 Å². The standard InChI is InChI=1S/C12H14F3NO3/c1-6(17)16-3-2-11(18)12(19)7-4-9(14)10(15)5-8(7)13/h4-5,11-12,18-19H,2-3H2,1H3,(H,16,17). The third kappa shape index (κ3) is 4.22. The summed E-state index contributed by atoms with van der Waals surface area (Å²) in [6.07, 6.45) is -3.17. The normalized spacial score (nSPS) is 14.0. The molecule has 0 radical (unpaired) electrons. The first-order valence-corrected chi connectivity index (χ1v) is 5.58. The molecule has 0 aliphatic rings. The molecule has 4 nitrogen and oxygen atoms in total. The van der Waals surface area contributed by atoms with E-state index in [0.29, 0.717) is 12.1 Å². The summed E-state index contributed by atoms with van der Waals surface area (Å²) in [5, 5.41) is 21.6. The Hall–Kier alpha value is -1.60. The molecular weight excluding hydrogens is 263 g/mol. The maximum atomic E-state index is 13.3. The third-order valence-electron chi connectivity index (χ3n) is 2.54. The zero-order valence-corrected chi connectivity index (χ0v) is 10.2. The van der Waals surface area contributed by atoms with E-state index in [-0.39, 0.29) is 18.9 Å². The zero-order valence-electron chi connectivity index (χ0n) is 10.2. The molecule has 0 saturated carbocycles. The lowest BCUT2D eigenvalue weighted by molar-refractivity contribution is -0.119. The van der Waals surface area contributed by atoms with E-state index < -0.39 is 35.2 Å². The van der Waals surface area contributed by atoms with Crippen LogP contribution in [0.3, 0.4) is 0 Å². The van der Waals surface area contributed by atoms with Crippen LogP contribution in [0.2, 0.25) is 0 Å². The van der Waals surface area contributed by atoms with Gasteiger partial charge >= 0.3 is 0 Å². The summed E-state index contributed by atoms with van der Waals surface area (Å²) < 4.78 is 39.0. The van der Waals surface area contributed by atoms with Gasteiger partial charge in [0.15, 0.2) is 11.6 Å². The van der Waals surface area contributed by atoms with Gasteiger partial charge in [-0.25, -0.2) is 13.2 Å². The summed E-state index contributed by atoms with van der Waals surface area (Å²) in [5.74, 6) is -4.16. The Morgan fingerprint density at radius 3 is 2.37 bits per heavy atom. The molecular formula is C12H14F3NO3. The highest BCUT2D eigenvalue weighted by Gasteiger charge is 2.23. The molecule has 0 spiro atoms. The van der Waals surface area contributed by atoms with E-state index in [1.807, 2.05) is 0 Å². The first-order valence-electron chi connectivity index (χ1n) is 5.58. The molecule has 3 N–H and O–H groups in total. The molecule has 2 atom stereocenters. The number of hydrogen-bond donors (Lipinski definition) is 3. The Morgan fingerprint density at radius 1 is 1.21 bits per heavy atom. The highest BCUT2D eigenvalue weighted by molar-refractivity contribution is 5.72. The van der Waals surface area contributed by atoms with Gasteiger partial charge in [0, 0.05) is 25.1 Å². The fraction of sp³-hybridized carbons (Fsp3) is 0.417. The lowest BCUT2D eigenvalue weighted by Crippen LogP contribution is -2.28. The van der Waals surface area contributed by atoms with Crippen molar-refractivity contribution in [1.29, 1.82) is 0 Å². The molecule has 0 aromatic heterocycles. The summed E-state index contributed by atoms with van der Waals surface area (Å²) in [6, 6.07) is 0.797. The second kappa shape index (κ2) is 6.53. The van der Waals surface area contributed by atoms with Crippen LogP contribution in [0.15, 0.2) is 12.1 Å². The van der Waals surface area contributed by atoms with E-state index in [0.717, 1.165) is 0 Å². The molecule has 0 bridgehead atoms. The topological polar surface area (TPSA) is 69.6 Å². The molecule has 0 heterocycles. The van der Waals surface area contributed by atoms with Crippen LogP contribution in [-0.2, 0) is 4.79 Å². The van der Waals surface area contributed by atoms with Gasteiger partial charge in [-0.2, -0.15) is 0 Å². The van der Waals surface area contributed by atoms with Crippen LogP contribution in [0.25, 0.3) is 0 Å². The minimum atomic E-state index is -1.70. The van der Waals surface area contributed by atoms with Gasteiger partial charge in [0.05, 0.1) is 6.10 Å². The molecule has 1 aromatic carbocycles. The molecule has 0 fully saturated rings. The Morgan fingerprint density at radius 2 is 1.79 bits per heavy atom. The molecule has 7 heteroatoms. The number of halogens is 3. The van der Waals surface area contributed by atoms with E-state index >= 15 is 0 Å². The number of carbonyl (C=O) groups is 1. The summed E-state index contributed by atoms with van der Waals surface area (Å²) in [5.41, 5.74) is -0.533. The number of aliphatic hydroxyl groups excluding tert-OH is 2. The molecule has 106 valence electrons. The van der Waals surface area contributed by atoms with Gasteiger partial charge < -0.3 is 15.5 Å². The van der Waals surface area contributed by atoms with Gasteiger partial charge in [-0.3, -0.25) is 4.79 Å². The Kier molecular flexibility index (Phi) is 5.31. The average molecular weight is 277 g/mol. The first-order chi connectivity index (χ1) is 8.82. The van der Waals surface area contributed by atoms with Gasteiger partial charge in [0.1, 0.15) is 11.9 Å². The first kappa shape index (κ1) is 15.5. The number of carbonyl (C=O) groups excluding carboxylic acids is 1. The lowest BCUT2D eigenvalue weighted by Gasteiger charge is -2.19. The molecule has 1 rings (SSSR count). The van der Waals surface area contributed by atoms with Crippen LogP contribution in [0, 0.1) is 17.5 Å². The number of rotatable bonds is 5. The van der Waals surface area contributed by atoms with Crippen LogP contribution in [0.1, 0.15) is 25.0 Å². The number of aliphatic hydroxyl groups is 2. The van der Waals surface area contributed by atoms with Crippen LogP contribution in [-0.4, -0.2) is 28.8 Å². The summed E-state index contributed by atoms with van der Waals surface area (Å²) >= 11 is 0. The van der Waals surface area contributed by atoms with Crippen molar-refractivity contribution in [2.75, 3.05) is 6.54 Å². The fourth-order valence-electron chi connectivity index (χ4n) is 1.53. The molecule has 19 heavy (non-hydrogen) atoms. The number of nitrogens with one attached hydrogen (secondary N) is 1. The molecule has 1 amide bonds. The Balaban J connectivity index is 2.73. The van der Waals surface area contributed by atoms with Crippen molar-refractivity contribution in [1.82, 2.24) is 5.32 Å². The molecule has 2 unspecified atom stereocenters. The second-order valence-electron chi connectivity index (χ2n) is 4.07. The zero-order chi connectivity index (χ0) is 14.6. The maximum absolute atomic E-state index is 13.3. The van der Waals surface area contributed by atoms with E-state index in [2.05, 4.69) is 5.32 Å². The maximum Gasteiger partial charge on any atom is 0.216 e. The van der Waals surface area contributed by atoms with Gasteiger partial charge in [-0.1, -0.05) is 0 Å². The van der Waals surface area contributed by atoms with E-state index in [9.17, 15) is 28.2 Å². The second-order valence-corrected chi connectivity index (χ2v) is 4.07. The van der Waals surface area contributed by atoms with Crippen LogP contribution >= 0.6 is 0 Å². The quantitative estimate of drug-likeness (QED) is 0.704. The monoisotopic (exact) mass is 277 g/mol. The predicted molar refractivity (Wildman–Crippen MR) is 60.6 cm³/mol. The molecule has 0 aliphatic carbocycles. The largest absolute Gasteiger partial charge is 0.390 e. The van der Waals surface area contributed by atoms with Crippen LogP contribution in [0.4, 0.5) is 13.2 Å². The minimum absolute atomic E-state index is 0.0564. The van der Waals surface area contributed by atoms with Crippen molar-refractivity contribution in [3.8, 4) is 0 Å². The van der Waals surface area contributed by atoms with Crippen molar-refractivity contribution in [2.45, 2.75) is 25.6 Å². The van der Waals surface area contributed by atoms with Crippen molar-refractivity contribution < 1.29 is 28.2 Å². The summed E-state index contributed by atoms with van der Waals surface area (Å²) in [7, 11) is 0. The highest BCUT2D eigenvalue weighted by Crippen LogP contribution is 2.24. The van der Waals surface area contributed by atoms with E-state index in [1.54, 1.807) is 0 Å². The lowest BCUT2D eigenvalue weighted by atomic mass is 10.0. The van der Waals surface area contributed by atoms with Crippen LogP contribution in [0.5, 0.6) is 0 Å². The molecule has 0 saturated heterocycles. The Bertz CT molecular complexity index is 468. The van der Waals surface area contributed by atoms with Crippen LogP contribution < -0.4 is 5.32 Å². The van der Waals surface area contributed by atoms with E-state index in [1.165, 1.54) is 6.92 Å². The van der Waals surface area contributed by atoms with Crippen molar-refractivity contribution in [3.05, 3.63) is 35.1 Å². The highest BCUT2D eigenvalue weighted by atomic mass is 19.2. The van der Waals surface area contributed by atoms with Crippen molar-refractivity contribution >= 4 is 5.91 Å². The number of benzene rings is 1. The molecule has 0 aliphatic heterocycles. The number of hydrogen-bond acceptors (Lipinski definition) is 3. The fourth-order valence-corrected chi connectivity index (χ4v) is 1.53. The van der Waals surface area contributed by atoms with Gasteiger partial charge in [-0.15, -0.1) is 0 Å². The predicted octanol–water partition coefficient (Wildman–Crippen LogP) is 1.02. The third-order valence-corrected chi connectivity index (χ3v) is 2.54. The van der Waals surface area contributed by atoms with Gasteiger partial charge in [0.25, 0.3) is 0 Å². The Labute approximate surface area is 107 Å². The van der Waals surface area contributed by atoms with Gasteiger partial charge in [-0.05, 0) is 12.5 Å². The summed E-state index contributed by atoms with van der Waals surface area (Å²) in [4.78, 5) is 10.6. The molecule has 1 aromatic rings. The number of amides is 1. The smallest absolute Gasteiger partial charge is 0.216 e. The van der Waals surface area contributed by atoms with Crippen molar-refractivity contribution in [2.24, 2.45) is 0 Å².